The van der Waals surface area contributed by atoms with Gasteiger partial charge in [-0.2, -0.15) is 0 Å². The van der Waals surface area contributed by atoms with Crippen molar-refractivity contribution in [2.45, 2.75) is 6.42 Å². The van der Waals surface area contributed by atoms with Crippen LogP contribution in [-0.4, -0.2) is 48.5 Å². The number of aliphatic imine (C=N–C) groups is 1. The smallest absolute Gasteiger partial charge is 0.193 e. The molecule has 0 aromatic rings. The van der Waals surface area contributed by atoms with Crippen LogP contribution in [0.1, 0.15) is 6.42 Å². The molecule has 0 aromatic heterocycles. The summed E-state index contributed by atoms with van der Waals surface area (Å²) in [4.78, 5) is 6.89. The van der Waals surface area contributed by atoms with Gasteiger partial charge in [0.25, 0.3) is 0 Å². The lowest BCUT2D eigenvalue weighted by atomic mass is 10.4. The molecule has 0 atom stereocenters. The third-order valence-corrected chi connectivity index (χ3v) is 4.52. The fourth-order valence-electron chi connectivity index (χ4n) is 1.47. The van der Waals surface area contributed by atoms with E-state index in [1.807, 2.05) is 21.6 Å². The molecule has 1 fully saturated rings. The number of hydrogen-bond acceptors (Lipinski definition) is 5. The molecule has 0 spiro atoms. The maximum Gasteiger partial charge on any atom is 0.193 e. The molecular weight excluding hydrogens is 202 g/mol. The molecule has 0 saturated carbocycles. The molecule has 0 amide bonds. The predicted molar refractivity (Wildman–Crippen MR) is 61.4 cm³/mol. The van der Waals surface area contributed by atoms with Gasteiger partial charge in [-0.05, 0) is 6.42 Å². The normalized spacial score (nSPS) is 24.6. The van der Waals surface area contributed by atoms with Crippen LogP contribution < -0.4 is 5.32 Å². The zero-order valence-electron chi connectivity index (χ0n) is 7.66. The summed E-state index contributed by atoms with van der Waals surface area (Å²) in [5.74, 6) is 3.56. The Morgan fingerprint density at radius 3 is 2.62 bits per heavy atom. The van der Waals surface area contributed by atoms with Gasteiger partial charge in [-0.3, -0.25) is 4.99 Å². The van der Waals surface area contributed by atoms with Crippen LogP contribution in [0.2, 0.25) is 0 Å². The van der Waals surface area contributed by atoms with Crippen molar-refractivity contribution >= 4 is 27.5 Å². The molecule has 0 radical (unpaired) electrons. The summed E-state index contributed by atoms with van der Waals surface area (Å²) in [7, 11) is 3.95. The van der Waals surface area contributed by atoms with E-state index in [1.165, 1.54) is 17.9 Å². The zero-order valence-corrected chi connectivity index (χ0v) is 9.29. The molecule has 1 N–H and O–H groups in total. The zero-order chi connectivity index (χ0) is 8.93. The van der Waals surface area contributed by atoms with Gasteiger partial charge < -0.3 is 10.2 Å². The molecule has 13 heavy (non-hydrogen) atoms. The first-order valence-electron chi connectivity index (χ1n) is 4.74. The van der Waals surface area contributed by atoms with Crippen molar-refractivity contribution in [3.63, 3.8) is 0 Å². The van der Waals surface area contributed by atoms with Crippen molar-refractivity contribution in [1.29, 1.82) is 0 Å². The summed E-state index contributed by atoms with van der Waals surface area (Å²) in [5.41, 5.74) is 0. The van der Waals surface area contributed by atoms with Crippen molar-refractivity contribution in [2.24, 2.45) is 4.99 Å². The Balaban J connectivity index is 1.92. The second kappa shape index (κ2) is 5.00. The van der Waals surface area contributed by atoms with E-state index in [9.17, 15) is 0 Å². The molecule has 0 unspecified atom stereocenters. The van der Waals surface area contributed by atoms with E-state index in [1.54, 1.807) is 0 Å². The molecule has 0 bridgehead atoms. The molecule has 0 aliphatic carbocycles. The van der Waals surface area contributed by atoms with E-state index in [4.69, 9.17) is 0 Å². The lowest BCUT2D eigenvalue weighted by Crippen LogP contribution is -2.45. The molecule has 5 heteroatoms. The van der Waals surface area contributed by atoms with Crippen LogP contribution in [0.5, 0.6) is 0 Å². The highest BCUT2D eigenvalue weighted by Gasteiger charge is 2.15. The summed E-state index contributed by atoms with van der Waals surface area (Å²) in [5, 5.41) is 3.37. The minimum absolute atomic E-state index is 0.999. The maximum atomic E-state index is 4.51. The summed E-state index contributed by atoms with van der Waals surface area (Å²) in [6.07, 6.45) is 1.18. The Morgan fingerprint density at radius 1 is 1.23 bits per heavy atom. The van der Waals surface area contributed by atoms with E-state index < -0.39 is 0 Å². The van der Waals surface area contributed by atoms with Gasteiger partial charge in [0.2, 0.25) is 0 Å². The first kappa shape index (κ1) is 9.52. The van der Waals surface area contributed by atoms with E-state index in [2.05, 4.69) is 15.2 Å². The number of nitrogens with one attached hydrogen (secondary N) is 1. The predicted octanol–water partition coefficient (Wildman–Crippen LogP) is 1.03. The maximum absolute atomic E-state index is 4.51. The Bertz CT molecular complexity index is 188. The lowest BCUT2D eigenvalue weighted by Gasteiger charge is -2.26. The summed E-state index contributed by atoms with van der Waals surface area (Å²) in [6, 6.07) is 0. The van der Waals surface area contributed by atoms with Crippen LogP contribution in [0, 0.1) is 0 Å². The van der Waals surface area contributed by atoms with Crippen LogP contribution in [0.25, 0.3) is 0 Å². The number of hydrogen-bond donors (Lipinski definition) is 1. The molecule has 74 valence electrons. The van der Waals surface area contributed by atoms with Gasteiger partial charge in [-0.15, -0.1) is 0 Å². The lowest BCUT2D eigenvalue weighted by molar-refractivity contribution is 0.444. The number of guanidine groups is 1. The van der Waals surface area contributed by atoms with Gasteiger partial charge in [-0.25, -0.2) is 0 Å². The quantitative estimate of drug-likeness (QED) is 0.613. The van der Waals surface area contributed by atoms with Crippen LogP contribution in [0.15, 0.2) is 4.99 Å². The number of rotatable bonds is 0. The molecule has 0 aromatic carbocycles. The fourth-order valence-corrected chi connectivity index (χ4v) is 3.45. The first-order chi connectivity index (χ1) is 6.47. The van der Waals surface area contributed by atoms with E-state index in [-0.39, 0.29) is 0 Å². The Kier molecular flexibility index (Phi) is 3.66. The van der Waals surface area contributed by atoms with E-state index in [0.29, 0.717) is 0 Å². The summed E-state index contributed by atoms with van der Waals surface area (Å²) < 4.78 is 0. The highest BCUT2D eigenvalue weighted by molar-refractivity contribution is 8.76. The van der Waals surface area contributed by atoms with Crippen LogP contribution in [-0.2, 0) is 0 Å². The molecule has 2 aliphatic heterocycles. The van der Waals surface area contributed by atoms with E-state index in [0.717, 1.165) is 32.1 Å². The molecule has 1 saturated heterocycles. The second-order valence-corrected chi connectivity index (χ2v) is 5.82. The van der Waals surface area contributed by atoms with Crippen LogP contribution in [0.3, 0.4) is 0 Å². The third kappa shape index (κ3) is 2.71. The standard InChI is InChI=1S/C8H15N3S2/c1-2-9-8(10-3-1)11-4-6-12-13-7-5-11/h1-7H2,(H,9,10). The second-order valence-electron chi connectivity index (χ2n) is 3.12. The Hall–Kier alpha value is -0.0300. The van der Waals surface area contributed by atoms with Gasteiger partial charge >= 0.3 is 0 Å². The van der Waals surface area contributed by atoms with Gasteiger partial charge in [0.15, 0.2) is 5.96 Å². The fraction of sp³-hybridized carbons (Fsp3) is 0.875. The Labute approximate surface area is 87.1 Å². The van der Waals surface area contributed by atoms with Gasteiger partial charge in [0.05, 0.1) is 0 Å². The van der Waals surface area contributed by atoms with Crippen molar-refractivity contribution in [3.05, 3.63) is 0 Å². The molecular formula is C8H15N3S2. The Morgan fingerprint density at radius 2 is 2.00 bits per heavy atom. The van der Waals surface area contributed by atoms with Crippen molar-refractivity contribution in [2.75, 3.05) is 37.7 Å². The highest BCUT2D eigenvalue weighted by Crippen LogP contribution is 2.23. The monoisotopic (exact) mass is 217 g/mol. The summed E-state index contributed by atoms with van der Waals surface area (Å²) in [6.45, 7) is 4.38. The van der Waals surface area contributed by atoms with Crippen LogP contribution in [0.4, 0.5) is 0 Å². The molecule has 3 nitrogen and oxygen atoms in total. The van der Waals surface area contributed by atoms with Crippen molar-refractivity contribution in [1.82, 2.24) is 10.2 Å². The molecule has 2 aliphatic rings. The third-order valence-electron chi connectivity index (χ3n) is 2.15. The minimum Gasteiger partial charge on any atom is -0.356 e. The average Bonchev–Trinajstić information content (AvgIpc) is 2.47. The van der Waals surface area contributed by atoms with Crippen molar-refractivity contribution < 1.29 is 0 Å². The highest BCUT2D eigenvalue weighted by atomic mass is 33.1. The van der Waals surface area contributed by atoms with Crippen LogP contribution >= 0.6 is 21.6 Å². The van der Waals surface area contributed by atoms with Gasteiger partial charge in [0.1, 0.15) is 0 Å². The van der Waals surface area contributed by atoms with Crippen molar-refractivity contribution in [3.8, 4) is 0 Å². The van der Waals surface area contributed by atoms with E-state index >= 15 is 0 Å². The molecule has 2 rings (SSSR count). The topological polar surface area (TPSA) is 27.6 Å². The van der Waals surface area contributed by atoms with Gasteiger partial charge in [-0.1, -0.05) is 21.6 Å². The largest absolute Gasteiger partial charge is 0.356 e. The summed E-state index contributed by atoms with van der Waals surface area (Å²) >= 11 is 0. The minimum atomic E-state index is 0.999. The number of nitrogens with zero attached hydrogens (tertiary/aromatic N) is 2. The SMILES string of the molecule is C1CN=C(N2CCSSCC2)NC1. The molecule has 2 heterocycles. The average molecular weight is 217 g/mol. The van der Waals surface area contributed by atoms with Gasteiger partial charge in [0, 0.05) is 37.7 Å². The first-order valence-corrected chi connectivity index (χ1v) is 7.23.